The lowest BCUT2D eigenvalue weighted by Crippen LogP contribution is -2.49. The fourth-order valence-electron chi connectivity index (χ4n) is 4.43. The van der Waals surface area contributed by atoms with Crippen LogP contribution in [0.1, 0.15) is 18.9 Å². The van der Waals surface area contributed by atoms with Crippen LogP contribution >= 0.6 is 0 Å². The zero-order valence-electron chi connectivity index (χ0n) is 19.2. The normalized spacial score (nSPS) is 16.1. The maximum Gasteiger partial charge on any atom is 0.255 e. The number of guanidine groups is 1. The summed E-state index contributed by atoms with van der Waals surface area (Å²) in [4.78, 5) is 24.5. The molecule has 5 rings (SSSR count). The van der Waals surface area contributed by atoms with Gasteiger partial charge in [-0.05, 0) is 43.5 Å². The lowest BCUT2D eigenvalue weighted by molar-refractivity contribution is 0.545. The zero-order chi connectivity index (χ0) is 23.5. The van der Waals surface area contributed by atoms with Gasteiger partial charge in [0.05, 0.1) is 12.2 Å². The van der Waals surface area contributed by atoms with Crippen molar-refractivity contribution in [1.82, 2.24) is 20.2 Å². The summed E-state index contributed by atoms with van der Waals surface area (Å²) in [6, 6.07) is 19.5. The molecule has 2 aliphatic rings. The number of aliphatic imine (C=N–C) groups is 1. The smallest absolute Gasteiger partial charge is 0.255 e. The number of fused-ring (bicyclic) bond motifs is 1. The molecule has 0 aliphatic carbocycles. The summed E-state index contributed by atoms with van der Waals surface area (Å²) >= 11 is 0. The quantitative estimate of drug-likeness (QED) is 0.512. The van der Waals surface area contributed by atoms with Gasteiger partial charge in [0.2, 0.25) is 5.95 Å². The van der Waals surface area contributed by atoms with E-state index in [0.717, 1.165) is 36.5 Å². The lowest BCUT2D eigenvalue weighted by Gasteiger charge is -2.34. The highest BCUT2D eigenvalue weighted by atomic mass is 16.1. The molecule has 1 unspecified atom stereocenters. The number of nitrogens with zero attached hydrogens (tertiary/aromatic N) is 4. The molecule has 1 atom stereocenters. The Balaban J connectivity index is 1.34. The number of benzene rings is 2. The first-order valence-corrected chi connectivity index (χ1v) is 11.6. The number of hydrogen-bond acceptors (Lipinski definition) is 7. The van der Waals surface area contributed by atoms with Gasteiger partial charge < -0.3 is 16.4 Å². The Morgan fingerprint density at radius 3 is 2.79 bits per heavy atom. The topological polar surface area (TPSA) is 101 Å². The Hall–Kier alpha value is -4.07. The second-order valence-electron chi connectivity index (χ2n) is 8.70. The van der Waals surface area contributed by atoms with E-state index in [4.69, 9.17) is 10.7 Å². The Morgan fingerprint density at radius 2 is 1.97 bits per heavy atom. The highest BCUT2D eigenvalue weighted by Crippen LogP contribution is 2.24. The molecule has 8 nitrogen and oxygen atoms in total. The second-order valence-corrected chi connectivity index (χ2v) is 8.70. The van der Waals surface area contributed by atoms with Gasteiger partial charge in [0.15, 0.2) is 5.96 Å². The summed E-state index contributed by atoms with van der Waals surface area (Å²) in [5, 5.41) is 6.89. The van der Waals surface area contributed by atoms with Crippen molar-refractivity contribution < 1.29 is 0 Å². The molecule has 0 radical (unpaired) electrons. The van der Waals surface area contributed by atoms with Crippen LogP contribution in [0.5, 0.6) is 0 Å². The Bertz CT molecular complexity index is 1300. The van der Waals surface area contributed by atoms with Gasteiger partial charge in [0.25, 0.3) is 5.56 Å². The fourth-order valence-corrected chi connectivity index (χ4v) is 4.43. The zero-order valence-corrected chi connectivity index (χ0v) is 19.2. The highest BCUT2D eigenvalue weighted by Gasteiger charge is 2.25. The number of nitrogens with two attached hydrogens (primary N) is 1. The van der Waals surface area contributed by atoms with E-state index >= 15 is 0 Å². The number of anilines is 2. The maximum atomic E-state index is 12.9. The van der Waals surface area contributed by atoms with Crippen LogP contribution in [0.2, 0.25) is 0 Å². The van der Waals surface area contributed by atoms with E-state index in [1.807, 2.05) is 54.6 Å². The van der Waals surface area contributed by atoms with E-state index < -0.39 is 0 Å². The minimum Gasteiger partial charge on any atom is -0.399 e. The standard InChI is InChI=1S/C26H29N7O/c1-18(15-19-7-5-10-21(27)16-19)29-25-28-12-11-23(31-25)32-13-6-14-33-24(34)17-22(30-26(32)33)20-8-3-2-4-9-20/h2-5,7-11,16-18H,6,12-15,27H2,1H3,(H2,28,29,31). The van der Waals surface area contributed by atoms with E-state index in [0.29, 0.717) is 30.7 Å². The van der Waals surface area contributed by atoms with Gasteiger partial charge in [0.1, 0.15) is 5.82 Å². The minimum atomic E-state index is -0.0345. The summed E-state index contributed by atoms with van der Waals surface area (Å²) in [7, 11) is 0. The van der Waals surface area contributed by atoms with Gasteiger partial charge >= 0.3 is 0 Å². The van der Waals surface area contributed by atoms with Crippen molar-refractivity contribution in [2.45, 2.75) is 32.4 Å². The molecule has 2 aliphatic heterocycles. The summed E-state index contributed by atoms with van der Waals surface area (Å²) in [5.41, 5.74) is 9.44. The molecule has 34 heavy (non-hydrogen) atoms. The third kappa shape index (κ3) is 4.66. The van der Waals surface area contributed by atoms with E-state index in [9.17, 15) is 4.79 Å². The molecule has 0 saturated heterocycles. The van der Waals surface area contributed by atoms with Crippen LogP contribution in [-0.4, -0.2) is 34.6 Å². The van der Waals surface area contributed by atoms with Crippen LogP contribution in [0, 0.1) is 0 Å². The fraction of sp³-hybridized carbons (Fsp3) is 0.269. The van der Waals surface area contributed by atoms with Crippen LogP contribution in [0.4, 0.5) is 11.6 Å². The van der Waals surface area contributed by atoms with Crippen LogP contribution < -0.4 is 26.8 Å². The average Bonchev–Trinajstić information content (AvgIpc) is 2.84. The third-order valence-electron chi connectivity index (χ3n) is 6.01. The van der Waals surface area contributed by atoms with Crippen LogP contribution in [-0.2, 0) is 13.0 Å². The van der Waals surface area contributed by atoms with Crippen LogP contribution in [0.3, 0.4) is 0 Å². The molecule has 0 spiro atoms. The van der Waals surface area contributed by atoms with Gasteiger partial charge in [0, 0.05) is 36.4 Å². The van der Waals surface area contributed by atoms with Crippen molar-refractivity contribution in [1.29, 1.82) is 0 Å². The molecule has 8 heteroatoms. The highest BCUT2D eigenvalue weighted by molar-refractivity contribution is 5.83. The first-order chi connectivity index (χ1) is 16.6. The van der Waals surface area contributed by atoms with Gasteiger partial charge in [-0.15, -0.1) is 0 Å². The molecule has 0 bridgehead atoms. The molecule has 0 amide bonds. The molecular weight excluding hydrogens is 426 g/mol. The van der Waals surface area contributed by atoms with Crippen molar-refractivity contribution in [3.05, 3.63) is 88.5 Å². The lowest BCUT2D eigenvalue weighted by atomic mass is 10.1. The molecule has 2 aromatic carbocycles. The predicted molar refractivity (Wildman–Crippen MR) is 137 cm³/mol. The van der Waals surface area contributed by atoms with E-state index in [1.54, 1.807) is 10.6 Å². The summed E-state index contributed by atoms with van der Waals surface area (Å²) in [6.07, 6.45) is 3.73. The molecule has 1 aromatic heterocycles. The third-order valence-corrected chi connectivity index (χ3v) is 6.01. The number of nitrogens with one attached hydrogen (secondary N) is 2. The van der Waals surface area contributed by atoms with E-state index in [-0.39, 0.29) is 11.6 Å². The number of hydrogen-bond donors (Lipinski definition) is 3. The van der Waals surface area contributed by atoms with Crippen molar-refractivity contribution in [2.75, 3.05) is 23.7 Å². The Kier molecular flexibility index (Phi) is 6.03. The molecule has 4 N–H and O–H groups in total. The molecule has 174 valence electrons. The van der Waals surface area contributed by atoms with Crippen molar-refractivity contribution >= 4 is 17.6 Å². The summed E-state index contributed by atoms with van der Waals surface area (Å²) < 4.78 is 1.75. The summed E-state index contributed by atoms with van der Waals surface area (Å²) in [5.74, 6) is 2.26. The van der Waals surface area contributed by atoms with Crippen molar-refractivity contribution in [3.63, 3.8) is 0 Å². The van der Waals surface area contributed by atoms with Gasteiger partial charge in [-0.1, -0.05) is 42.5 Å². The number of aromatic nitrogens is 2. The van der Waals surface area contributed by atoms with E-state index in [2.05, 4.69) is 33.5 Å². The Morgan fingerprint density at radius 1 is 1.12 bits per heavy atom. The van der Waals surface area contributed by atoms with Gasteiger partial charge in [-0.3, -0.25) is 14.3 Å². The largest absolute Gasteiger partial charge is 0.399 e. The predicted octanol–water partition coefficient (Wildman–Crippen LogP) is 2.72. The summed E-state index contributed by atoms with van der Waals surface area (Å²) in [6.45, 7) is 4.11. The van der Waals surface area contributed by atoms with Gasteiger partial charge in [-0.2, -0.15) is 0 Å². The molecular formula is C26H29N7O. The molecule has 0 fully saturated rings. The number of nitrogen functional groups attached to an aromatic ring is 1. The maximum absolute atomic E-state index is 12.9. The SMILES string of the molecule is CC(Cc1cccc(N)c1)NC1=NCC=C(N2CCCn3c2nc(-c2ccccc2)cc3=O)N1. The second kappa shape index (κ2) is 9.43. The molecule has 3 heterocycles. The first kappa shape index (κ1) is 21.8. The monoisotopic (exact) mass is 455 g/mol. The molecule has 3 aromatic rings. The Labute approximate surface area is 198 Å². The number of rotatable bonds is 5. The van der Waals surface area contributed by atoms with Crippen LogP contribution in [0.25, 0.3) is 11.3 Å². The van der Waals surface area contributed by atoms with Crippen LogP contribution in [0.15, 0.2) is 82.3 Å². The minimum absolute atomic E-state index is 0.0345. The van der Waals surface area contributed by atoms with E-state index in [1.165, 1.54) is 5.56 Å². The van der Waals surface area contributed by atoms with Gasteiger partial charge in [-0.25, -0.2) is 9.98 Å². The van der Waals surface area contributed by atoms with Crippen molar-refractivity contribution in [3.8, 4) is 11.3 Å². The molecule has 0 saturated carbocycles. The van der Waals surface area contributed by atoms with Crippen molar-refractivity contribution in [2.24, 2.45) is 4.99 Å². The average molecular weight is 456 g/mol. The first-order valence-electron chi connectivity index (χ1n) is 11.6.